The first-order chi connectivity index (χ1) is 6.15. The van der Waals surface area contributed by atoms with Gasteiger partial charge in [-0.1, -0.05) is 13.8 Å². The van der Waals surface area contributed by atoms with Crippen LogP contribution in [0, 0.1) is 0 Å². The molecule has 0 aromatic heterocycles. The molecular weight excluding hydrogens is 167 g/mol. The molecule has 2 unspecified atom stereocenters. The van der Waals surface area contributed by atoms with Gasteiger partial charge in [-0.25, -0.2) is 4.39 Å². The maximum absolute atomic E-state index is 13.0. The van der Waals surface area contributed by atoms with Gasteiger partial charge in [0.1, 0.15) is 6.17 Å². The lowest BCUT2D eigenvalue weighted by molar-refractivity contribution is 0.0805. The highest BCUT2D eigenvalue weighted by Crippen LogP contribution is 2.45. The molecule has 1 saturated carbocycles. The Morgan fingerprint density at radius 3 is 2.15 bits per heavy atom. The lowest BCUT2D eigenvalue weighted by Crippen LogP contribution is -2.53. The van der Waals surface area contributed by atoms with Crippen molar-refractivity contribution in [3.8, 4) is 0 Å². The van der Waals surface area contributed by atoms with E-state index >= 15 is 0 Å². The van der Waals surface area contributed by atoms with Crippen molar-refractivity contribution in [3.63, 3.8) is 0 Å². The Balaban J connectivity index is 0.000000396. The van der Waals surface area contributed by atoms with Gasteiger partial charge in [0.05, 0.1) is 5.54 Å². The van der Waals surface area contributed by atoms with E-state index in [-0.39, 0.29) is 5.54 Å². The van der Waals surface area contributed by atoms with Crippen LogP contribution in [-0.4, -0.2) is 55.2 Å². The van der Waals surface area contributed by atoms with Crippen LogP contribution in [0.4, 0.5) is 4.39 Å². The van der Waals surface area contributed by atoms with Crippen LogP contribution < -0.4 is 0 Å². The van der Waals surface area contributed by atoms with Crippen molar-refractivity contribution < 1.29 is 4.39 Å². The van der Waals surface area contributed by atoms with Gasteiger partial charge in [0.25, 0.3) is 0 Å². The van der Waals surface area contributed by atoms with Crippen LogP contribution in [0.3, 0.4) is 0 Å². The van der Waals surface area contributed by atoms with Gasteiger partial charge < -0.3 is 4.90 Å². The summed E-state index contributed by atoms with van der Waals surface area (Å²) in [6, 6.07) is 0. The average molecular weight is 188 g/mol. The molecule has 2 nitrogen and oxygen atoms in total. The van der Waals surface area contributed by atoms with Crippen molar-refractivity contribution in [2.45, 2.75) is 32.0 Å². The van der Waals surface area contributed by atoms with Crippen molar-refractivity contribution in [2.75, 3.05) is 33.7 Å². The van der Waals surface area contributed by atoms with Crippen LogP contribution in [0.2, 0.25) is 0 Å². The maximum atomic E-state index is 13.0. The standard InChI is InChI=1S/C8H15FN2.C2H6/c1-10-3-4-11(2)8(6-10)5-7(8)9;1-2/h7H,3-6H2,1-2H3;1-2H3. The van der Waals surface area contributed by atoms with Crippen LogP contribution in [0.5, 0.6) is 0 Å². The molecule has 2 atom stereocenters. The monoisotopic (exact) mass is 188 g/mol. The number of hydrogen-bond acceptors (Lipinski definition) is 2. The minimum absolute atomic E-state index is 0.0903. The first kappa shape index (κ1) is 10.9. The number of likely N-dealkylation sites (N-methyl/N-ethyl adjacent to an activating group) is 2. The quantitative estimate of drug-likeness (QED) is 0.566. The van der Waals surface area contributed by atoms with Gasteiger partial charge >= 0.3 is 0 Å². The zero-order valence-electron chi connectivity index (χ0n) is 9.18. The summed E-state index contributed by atoms with van der Waals surface area (Å²) in [5.41, 5.74) is -0.0903. The summed E-state index contributed by atoms with van der Waals surface area (Å²) in [4.78, 5) is 4.40. The van der Waals surface area contributed by atoms with Crippen molar-refractivity contribution in [3.05, 3.63) is 0 Å². The fourth-order valence-electron chi connectivity index (χ4n) is 2.02. The van der Waals surface area contributed by atoms with E-state index in [1.54, 1.807) is 0 Å². The van der Waals surface area contributed by atoms with Gasteiger partial charge in [-0.05, 0) is 14.1 Å². The Labute approximate surface area is 80.7 Å². The van der Waals surface area contributed by atoms with Crippen LogP contribution in [-0.2, 0) is 0 Å². The van der Waals surface area contributed by atoms with Crippen LogP contribution in [0.25, 0.3) is 0 Å². The second-order valence-electron chi connectivity index (χ2n) is 3.93. The second-order valence-corrected chi connectivity index (χ2v) is 3.93. The Bertz CT molecular complexity index is 174. The highest BCUT2D eigenvalue weighted by atomic mass is 19.1. The molecule has 0 aromatic carbocycles. The smallest absolute Gasteiger partial charge is 0.122 e. The van der Waals surface area contributed by atoms with Crippen molar-refractivity contribution in [1.82, 2.24) is 9.80 Å². The summed E-state index contributed by atoms with van der Waals surface area (Å²) < 4.78 is 13.0. The first-order valence-electron chi connectivity index (χ1n) is 5.19. The van der Waals surface area contributed by atoms with Gasteiger partial charge in [-0.15, -0.1) is 0 Å². The fraction of sp³-hybridized carbons (Fsp3) is 1.00. The Morgan fingerprint density at radius 1 is 1.23 bits per heavy atom. The molecule has 0 bridgehead atoms. The minimum Gasteiger partial charge on any atom is -0.303 e. The van der Waals surface area contributed by atoms with Gasteiger partial charge in [-0.3, -0.25) is 4.90 Å². The topological polar surface area (TPSA) is 6.48 Å². The Hall–Kier alpha value is -0.150. The SMILES string of the molecule is CC.CN1CCN(C)C2(CC2F)C1. The Morgan fingerprint density at radius 2 is 1.77 bits per heavy atom. The zero-order valence-corrected chi connectivity index (χ0v) is 9.18. The lowest BCUT2D eigenvalue weighted by atomic mass is 10.1. The molecule has 3 heteroatoms. The molecule has 1 aliphatic carbocycles. The third kappa shape index (κ3) is 1.86. The summed E-state index contributed by atoms with van der Waals surface area (Å²) in [5.74, 6) is 0. The lowest BCUT2D eigenvalue weighted by Gasteiger charge is -2.38. The fourth-order valence-corrected chi connectivity index (χ4v) is 2.02. The Kier molecular flexibility index (Phi) is 3.30. The molecular formula is C10H21FN2. The van der Waals surface area contributed by atoms with E-state index in [2.05, 4.69) is 16.8 Å². The predicted molar refractivity (Wildman–Crippen MR) is 53.7 cm³/mol. The van der Waals surface area contributed by atoms with Gasteiger partial charge in [0.2, 0.25) is 0 Å². The summed E-state index contributed by atoms with van der Waals surface area (Å²) in [7, 11) is 4.10. The molecule has 1 heterocycles. The van der Waals surface area contributed by atoms with Crippen molar-refractivity contribution in [2.24, 2.45) is 0 Å². The summed E-state index contributed by atoms with van der Waals surface area (Å²) in [6.07, 6.45) is 0.170. The molecule has 0 aromatic rings. The van der Waals surface area contributed by atoms with E-state index in [1.807, 2.05) is 20.9 Å². The highest BCUT2D eigenvalue weighted by molar-refractivity contribution is 5.15. The number of rotatable bonds is 0. The molecule has 0 amide bonds. The van der Waals surface area contributed by atoms with Gasteiger partial charge in [0.15, 0.2) is 0 Å². The van der Waals surface area contributed by atoms with E-state index in [9.17, 15) is 4.39 Å². The molecule has 1 spiro atoms. The third-order valence-electron chi connectivity index (χ3n) is 3.08. The summed E-state index contributed by atoms with van der Waals surface area (Å²) in [6.45, 7) is 6.99. The maximum Gasteiger partial charge on any atom is 0.122 e. The van der Waals surface area contributed by atoms with Crippen LogP contribution in [0.1, 0.15) is 20.3 Å². The molecule has 13 heavy (non-hydrogen) atoms. The number of alkyl halides is 1. The minimum atomic E-state index is -0.574. The van der Waals surface area contributed by atoms with Crippen molar-refractivity contribution in [1.29, 1.82) is 0 Å². The molecule has 1 aliphatic heterocycles. The zero-order chi connectivity index (χ0) is 10.1. The van der Waals surface area contributed by atoms with E-state index in [0.29, 0.717) is 0 Å². The number of nitrogens with zero attached hydrogens (tertiary/aromatic N) is 2. The van der Waals surface area contributed by atoms with Gasteiger partial charge in [-0.2, -0.15) is 0 Å². The average Bonchev–Trinajstić information content (AvgIpc) is 2.75. The first-order valence-corrected chi connectivity index (χ1v) is 5.19. The van der Waals surface area contributed by atoms with E-state index in [0.717, 1.165) is 26.1 Å². The molecule has 1 saturated heterocycles. The molecule has 0 N–H and O–H groups in total. The number of piperazine rings is 1. The second kappa shape index (κ2) is 3.93. The molecule has 2 fully saturated rings. The predicted octanol–water partition coefficient (Wildman–Crippen LogP) is 1.37. The molecule has 2 rings (SSSR count). The third-order valence-corrected chi connectivity index (χ3v) is 3.08. The van der Waals surface area contributed by atoms with Crippen LogP contribution in [0.15, 0.2) is 0 Å². The van der Waals surface area contributed by atoms with Crippen LogP contribution >= 0.6 is 0 Å². The highest BCUT2D eigenvalue weighted by Gasteiger charge is 2.59. The number of halogens is 1. The molecule has 78 valence electrons. The van der Waals surface area contributed by atoms with E-state index < -0.39 is 6.17 Å². The molecule has 0 radical (unpaired) electrons. The van der Waals surface area contributed by atoms with E-state index in [1.165, 1.54) is 0 Å². The summed E-state index contributed by atoms with van der Waals surface area (Å²) >= 11 is 0. The number of hydrogen-bond donors (Lipinski definition) is 0. The normalized spacial score (nSPS) is 39.9. The largest absolute Gasteiger partial charge is 0.303 e. The molecule has 2 aliphatic rings. The summed E-state index contributed by atoms with van der Waals surface area (Å²) in [5, 5.41) is 0. The van der Waals surface area contributed by atoms with Crippen molar-refractivity contribution >= 4 is 0 Å². The van der Waals surface area contributed by atoms with Gasteiger partial charge in [0, 0.05) is 26.1 Å². The van der Waals surface area contributed by atoms with E-state index in [4.69, 9.17) is 0 Å².